The van der Waals surface area contributed by atoms with Crippen molar-refractivity contribution in [3.8, 4) is 5.75 Å². The van der Waals surface area contributed by atoms with Crippen LogP contribution < -0.4 is 10.1 Å². The Bertz CT molecular complexity index is 812. The zero-order valence-corrected chi connectivity index (χ0v) is 18.9. The van der Waals surface area contributed by atoms with Gasteiger partial charge in [0, 0.05) is 13.0 Å². The first-order valence-electron chi connectivity index (χ1n) is 11.3. The molecule has 0 saturated carbocycles. The van der Waals surface area contributed by atoms with Gasteiger partial charge in [-0.15, -0.1) is 0 Å². The summed E-state index contributed by atoms with van der Waals surface area (Å²) in [5.41, 5.74) is 2.28. The van der Waals surface area contributed by atoms with Crippen LogP contribution in [0.4, 0.5) is 4.39 Å². The number of likely N-dealkylation sites (tertiary alicyclic amines) is 1. The number of hydrogen-bond acceptors (Lipinski definition) is 3. The van der Waals surface area contributed by atoms with Gasteiger partial charge in [0.2, 0.25) is 5.91 Å². The van der Waals surface area contributed by atoms with Gasteiger partial charge in [0.25, 0.3) is 0 Å². The summed E-state index contributed by atoms with van der Waals surface area (Å²) in [6.45, 7) is 7.29. The lowest BCUT2D eigenvalue weighted by Crippen LogP contribution is -2.38. The van der Waals surface area contributed by atoms with E-state index in [4.69, 9.17) is 4.74 Å². The number of hydrogen-bond donors (Lipinski definition) is 1. The van der Waals surface area contributed by atoms with Crippen molar-refractivity contribution >= 4 is 5.91 Å². The number of benzene rings is 2. The number of nitrogens with zero attached hydrogens (tertiary/aromatic N) is 1. The van der Waals surface area contributed by atoms with Crippen LogP contribution in [0.25, 0.3) is 0 Å². The number of nitrogens with one attached hydrogen (secondary N) is 1. The van der Waals surface area contributed by atoms with Crippen LogP contribution in [-0.2, 0) is 11.2 Å². The summed E-state index contributed by atoms with van der Waals surface area (Å²) < 4.78 is 18.5. The van der Waals surface area contributed by atoms with E-state index >= 15 is 0 Å². The van der Waals surface area contributed by atoms with Crippen LogP contribution in [0.1, 0.15) is 50.3 Å². The number of piperidine rings is 1. The van der Waals surface area contributed by atoms with Crippen molar-refractivity contribution in [1.29, 1.82) is 0 Å². The second-order valence-electron chi connectivity index (χ2n) is 8.93. The minimum Gasteiger partial charge on any atom is -0.497 e. The van der Waals surface area contributed by atoms with E-state index in [1.807, 2.05) is 12.1 Å². The van der Waals surface area contributed by atoms with Crippen molar-refractivity contribution in [1.82, 2.24) is 10.2 Å². The molecule has 1 N–H and O–H groups in total. The summed E-state index contributed by atoms with van der Waals surface area (Å²) in [6.07, 6.45) is 3.71. The zero-order chi connectivity index (χ0) is 22.2. The molecule has 1 heterocycles. The molecule has 1 saturated heterocycles. The molecule has 0 spiro atoms. The maximum atomic E-state index is 13.2. The summed E-state index contributed by atoms with van der Waals surface area (Å²) in [5, 5.41) is 3.18. The number of rotatable bonds is 9. The summed E-state index contributed by atoms with van der Waals surface area (Å²) >= 11 is 0. The van der Waals surface area contributed by atoms with E-state index in [0.717, 1.165) is 50.2 Å². The van der Waals surface area contributed by atoms with Crippen LogP contribution in [0.15, 0.2) is 48.5 Å². The van der Waals surface area contributed by atoms with Gasteiger partial charge >= 0.3 is 0 Å². The molecule has 3 rings (SSSR count). The monoisotopic (exact) mass is 426 g/mol. The summed E-state index contributed by atoms with van der Waals surface area (Å²) in [5.74, 6) is 1.41. The van der Waals surface area contributed by atoms with Gasteiger partial charge in [0.1, 0.15) is 11.6 Å². The van der Waals surface area contributed by atoms with Crippen molar-refractivity contribution in [2.24, 2.45) is 11.8 Å². The molecule has 2 aromatic carbocycles. The van der Waals surface area contributed by atoms with Crippen LogP contribution >= 0.6 is 0 Å². The normalized spacial score (nSPS) is 16.3. The molecule has 4 nitrogen and oxygen atoms in total. The fourth-order valence-corrected chi connectivity index (χ4v) is 4.29. The van der Waals surface area contributed by atoms with Gasteiger partial charge in [-0.3, -0.25) is 4.79 Å². The molecule has 0 aliphatic carbocycles. The average molecular weight is 427 g/mol. The van der Waals surface area contributed by atoms with Crippen LogP contribution in [0, 0.1) is 17.7 Å². The molecular weight excluding hydrogens is 391 g/mol. The predicted octanol–water partition coefficient (Wildman–Crippen LogP) is 4.99. The Morgan fingerprint density at radius 2 is 1.74 bits per heavy atom. The summed E-state index contributed by atoms with van der Waals surface area (Å²) in [7, 11) is 1.69. The molecular formula is C26H35FN2O2. The number of amides is 1. The minimum absolute atomic E-state index is 0.0855. The Morgan fingerprint density at radius 3 is 2.32 bits per heavy atom. The van der Waals surface area contributed by atoms with Crippen molar-refractivity contribution < 1.29 is 13.9 Å². The predicted molar refractivity (Wildman–Crippen MR) is 123 cm³/mol. The SMILES string of the molecule is COc1ccc(CCN2CCC(CC(=O)N[C@@H](c3ccc(F)cc3)C(C)C)CC2)cc1. The molecule has 31 heavy (non-hydrogen) atoms. The highest BCUT2D eigenvalue weighted by Gasteiger charge is 2.24. The maximum absolute atomic E-state index is 13.2. The molecule has 0 bridgehead atoms. The van der Waals surface area contributed by atoms with E-state index in [-0.39, 0.29) is 23.7 Å². The highest BCUT2D eigenvalue weighted by Crippen LogP contribution is 2.25. The Labute approximate surface area is 185 Å². The van der Waals surface area contributed by atoms with E-state index in [1.54, 1.807) is 19.2 Å². The van der Waals surface area contributed by atoms with Crippen molar-refractivity contribution in [3.05, 3.63) is 65.5 Å². The third-order valence-electron chi connectivity index (χ3n) is 6.27. The number of halogens is 1. The van der Waals surface area contributed by atoms with E-state index in [2.05, 4.69) is 36.2 Å². The van der Waals surface area contributed by atoms with Gasteiger partial charge in [0.05, 0.1) is 13.2 Å². The lowest BCUT2D eigenvalue weighted by molar-refractivity contribution is -0.123. The molecule has 5 heteroatoms. The summed E-state index contributed by atoms with van der Waals surface area (Å²) in [4.78, 5) is 15.2. The molecule has 0 aromatic heterocycles. The fourth-order valence-electron chi connectivity index (χ4n) is 4.29. The number of ether oxygens (including phenoxy) is 1. The van der Waals surface area contributed by atoms with Gasteiger partial charge in [0.15, 0.2) is 0 Å². The van der Waals surface area contributed by atoms with Crippen molar-refractivity contribution in [2.75, 3.05) is 26.7 Å². The molecule has 1 aliphatic rings. The lowest BCUT2D eigenvalue weighted by Gasteiger charge is -2.32. The van der Waals surface area contributed by atoms with Gasteiger partial charge < -0.3 is 15.0 Å². The van der Waals surface area contributed by atoms with Crippen molar-refractivity contribution in [3.63, 3.8) is 0 Å². The van der Waals surface area contributed by atoms with E-state index in [0.29, 0.717) is 12.3 Å². The third kappa shape index (κ3) is 7.06. The lowest BCUT2D eigenvalue weighted by atomic mass is 9.91. The molecule has 168 valence electrons. The first-order valence-corrected chi connectivity index (χ1v) is 11.3. The molecule has 1 aliphatic heterocycles. The zero-order valence-electron chi connectivity index (χ0n) is 18.9. The van der Waals surface area contributed by atoms with E-state index in [1.165, 1.54) is 17.7 Å². The standard InChI is InChI=1S/C26H35FN2O2/c1-19(2)26(22-6-8-23(27)9-7-22)28-25(30)18-21-13-16-29(17-14-21)15-12-20-4-10-24(31-3)11-5-20/h4-11,19,21,26H,12-18H2,1-3H3,(H,28,30)/t26-/m1/s1. The van der Waals surface area contributed by atoms with Gasteiger partial charge in [-0.05, 0) is 79.6 Å². The van der Waals surface area contributed by atoms with E-state index < -0.39 is 0 Å². The van der Waals surface area contributed by atoms with E-state index in [9.17, 15) is 9.18 Å². The smallest absolute Gasteiger partial charge is 0.220 e. The molecule has 0 unspecified atom stereocenters. The van der Waals surface area contributed by atoms with Crippen LogP contribution in [0.5, 0.6) is 5.75 Å². The Balaban J connectivity index is 1.42. The van der Waals surface area contributed by atoms with Crippen LogP contribution in [0.2, 0.25) is 0 Å². The molecule has 1 amide bonds. The topological polar surface area (TPSA) is 41.6 Å². The second-order valence-corrected chi connectivity index (χ2v) is 8.93. The maximum Gasteiger partial charge on any atom is 0.220 e. The molecule has 0 radical (unpaired) electrons. The Kier molecular flexibility index (Phi) is 8.47. The van der Waals surface area contributed by atoms with Crippen molar-refractivity contribution in [2.45, 2.75) is 45.6 Å². The number of methoxy groups -OCH3 is 1. The largest absolute Gasteiger partial charge is 0.497 e. The average Bonchev–Trinajstić information content (AvgIpc) is 2.78. The van der Waals surface area contributed by atoms with Gasteiger partial charge in [-0.25, -0.2) is 4.39 Å². The highest BCUT2D eigenvalue weighted by molar-refractivity contribution is 5.76. The van der Waals surface area contributed by atoms with Crippen LogP contribution in [0.3, 0.4) is 0 Å². The Hall–Kier alpha value is -2.40. The molecule has 1 atom stereocenters. The fraction of sp³-hybridized carbons (Fsp3) is 0.500. The Morgan fingerprint density at radius 1 is 1.10 bits per heavy atom. The first-order chi connectivity index (χ1) is 14.9. The van der Waals surface area contributed by atoms with Gasteiger partial charge in [-0.2, -0.15) is 0 Å². The van der Waals surface area contributed by atoms with Gasteiger partial charge in [-0.1, -0.05) is 38.1 Å². The second kappa shape index (κ2) is 11.3. The molecule has 1 fully saturated rings. The quantitative estimate of drug-likeness (QED) is 0.614. The highest BCUT2D eigenvalue weighted by atomic mass is 19.1. The first kappa shape index (κ1) is 23.3. The summed E-state index contributed by atoms with van der Waals surface area (Å²) in [6, 6.07) is 14.6. The third-order valence-corrected chi connectivity index (χ3v) is 6.27. The molecule has 2 aromatic rings. The van der Waals surface area contributed by atoms with Crippen LogP contribution in [-0.4, -0.2) is 37.6 Å². The number of carbonyl (C=O) groups excluding carboxylic acids is 1. The number of carbonyl (C=O) groups is 1. The minimum atomic E-state index is -0.253.